The number of nitrogens with zero attached hydrogens (tertiary/aromatic N) is 2. The monoisotopic (exact) mass is 357 g/mol. The molecule has 2 unspecified atom stereocenters. The van der Waals surface area contributed by atoms with Crippen LogP contribution in [-0.2, 0) is 0 Å². The zero-order chi connectivity index (χ0) is 20.3. The van der Waals surface area contributed by atoms with Gasteiger partial charge in [-0.25, -0.2) is 0 Å². The van der Waals surface area contributed by atoms with Gasteiger partial charge in [-0.2, -0.15) is 0 Å². The number of rotatable bonds is 9. The first-order valence-corrected chi connectivity index (χ1v) is 10.2. The highest BCUT2D eigenvalue weighted by Gasteiger charge is 2.44. The summed E-state index contributed by atoms with van der Waals surface area (Å²) in [6.07, 6.45) is 0. The predicted octanol–water partition coefficient (Wildman–Crippen LogP) is 5.54. The van der Waals surface area contributed by atoms with E-state index in [1.165, 1.54) is 5.56 Å². The Morgan fingerprint density at radius 3 is 1.77 bits per heavy atom. The fourth-order valence-electron chi connectivity index (χ4n) is 4.11. The van der Waals surface area contributed by atoms with Crippen LogP contribution in [0.4, 0.5) is 0 Å². The SMILES string of the molecule is C[B]C(N(C)C(C)C)C(C)(C)N(C)C(c1ccccc1)C(C)(C)C(C)C. The highest BCUT2D eigenvalue weighted by atomic mass is 15.3. The van der Waals surface area contributed by atoms with E-state index >= 15 is 0 Å². The highest BCUT2D eigenvalue weighted by Crippen LogP contribution is 2.46. The van der Waals surface area contributed by atoms with Gasteiger partial charge < -0.3 is 4.90 Å². The Morgan fingerprint density at radius 2 is 1.38 bits per heavy atom. The van der Waals surface area contributed by atoms with Crippen molar-refractivity contribution < 1.29 is 0 Å². The molecular formula is C23H42BN2. The lowest BCUT2D eigenvalue weighted by atomic mass is 9.61. The maximum absolute atomic E-state index is 2.62. The average Bonchev–Trinajstić information content (AvgIpc) is 2.55. The van der Waals surface area contributed by atoms with Crippen LogP contribution in [0.5, 0.6) is 0 Å². The standard InChI is InChI=1S/C23H42BN2/c1-17(2)22(5,6)20(19-15-13-12-14-16-19)26(11)23(7,8)21(24-9)25(10)18(3)4/h12-18,20-21H,1-11H3. The van der Waals surface area contributed by atoms with Crippen LogP contribution in [0.2, 0.25) is 6.82 Å². The minimum Gasteiger partial charge on any atom is -0.307 e. The largest absolute Gasteiger partial charge is 0.307 e. The van der Waals surface area contributed by atoms with Gasteiger partial charge in [-0.1, -0.05) is 64.8 Å². The van der Waals surface area contributed by atoms with Gasteiger partial charge in [0, 0.05) is 17.6 Å². The Balaban J connectivity index is 3.41. The molecule has 0 aliphatic rings. The van der Waals surface area contributed by atoms with Gasteiger partial charge in [0.25, 0.3) is 0 Å². The van der Waals surface area contributed by atoms with Crippen molar-refractivity contribution >= 4 is 7.28 Å². The second kappa shape index (κ2) is 8.93. The highest BCUT2D eigenvalue weighted by molar-refractivity contribution is 6.36. The number of benzene rings is 1. The molecule has 0 amide bonds. The van der Waals surface area contributed by atoms with Crippen molar-refractivity contribution in [2.75, 3.05) is 14.1 Å². The number of likely N-dealkylation sites (N-methyl/N-ethyl adjacent to an activating group) is 2. The van der Waals surface area contributed by atoms with Crippen molar-refractivity contribution in [3.8, 4) is 0 Å². The molecule has 1 radical (unpaired) electrons. The maximum Gasteiger partial charge on any atom is 0.132 e. The molecule has 2 nitrogen and oxygen atoms in total. The zero-order valence-electron chi connectivity index (χ0n) is 19.2. The van der Waals surface area contributed by atoms with Gasteiger partial charge >= 0.3 is 0 Å². The van der Waals surface area contributed by atoms with Crippen LogP contribution in [0.25, 0.3) is 0 Å². The molecule has 0 saturated carbocycles. The average molecular weight is 357 g/mol. The quantitative estimate of drug-likeness (QED) is 0.536. The lowest BCUT2D eigenvalue weighted by molar-refractivity contribution is -0.0215. The predicted molar refractivity (Wildman–Crippen MR) is 118 cm³/mol. The summed E-state index contributed by atoms with van der Waals surface area (Å²) in [5.41, 5.74) is 1.56. The fraction of sp³-hybridized carbons (Fsp3) is 0.739. The van der Waals surface area contributed by atoms with Crippen LogP contribution in [0, 0.1) is 11.3 Å². The maximum atomic E-state index is 2.62. The summed E-state index contributed by atoms with van der Waals surface area (Å²) in [5.74, 6) is 0.958. The Kier molecular flexibility index (Phi) is 7.98. The second-order valence-electron chi connectivity index (χ2n) is 9.59. The third kappa shape index (κ3) is 4.73. The minimum absolute atomic E-state index is 0.000435. The van der Waals surface area contributed by atoms with E-state index in [0.717, 1.165) is 0 Å². The third-order valence-corrected chi connectivity index (χ3v) is 6.90. The van der Waals surface area contributed by atoms with Crippen molar-refractivity contribution in [2.45, 2.75) is 85.8 Å². The van der Waals surface area contributed by atoms with Crippen molar-refractivity contribution in [3.05, 3.63) is 35.9 Å². The molecule has 147 valence electrons. The summed E-state index contributed by atoms with van der Waals surface area (Å²) in [7, 11) is 6.92. The van der Waals surface area contributed by atoms with E-state index in [0.29, 0.717) is 23.9 Å². The molecule has 0 aliphatic heterocycles. The van der Waals surface area contributed by atoms with Gasteiger partial charge in [0.05, 0.1) is 0 Å². The molecule has 1 aromatic carbocycles. The molecule has 0 aliphatic carbocycles. The summed E-state index contributed by atoms with van der Waals surface area (Å²) in [4.78, 5) is 5.10. The molecule has 26 heavy (non-hydrogen) atoms. The zero-order valence-corrected chi connectivity index (χ0v) is 19.2. The van der Waals surface area contributed by atoms with E-state index in [1.807, 2.05) is 0 Å². The van der Waals surface area contributed by atoms with Gasteiger partial charge in [-0.3, -0.25) is 4.90 Å². The first-order chi connectivity index (χ1) is 11.9. The molecule has 1 rings (SSSR count). The second-order valence-corrected chi connectivity index (χ2v) is 9.59. The van der Waals surface area contributed by atoms with Crippen molar-refractivity contribution in [1.29, 1.82) is 0 Å². The van der Waals surface area contributed by atoms with Gasteiger partial charge in [0.1, 0.15) is 7.28 Å². The first-order valence-electron chi connectivity index (χ1n) is 10.2. The molecule has 2 atom stereocenters. The van der Waals surface area contributed by atoms with E-state index in [-0.39, 0.29) is 11.0 Å². The van der Waals surface area contributed by atoms with Crippen molar-refractivity contribution in [1.82, 2.24) is 9.80 Å². The van der Waals surface area contributed by atoms with Crippen molar-refractivity contribution in [3.63, 3.8) is 0 Å². The van der Waals surface area contributed by atoms with Gasteiger partial charge in [0.15, 0.2) is 0 Å². The lowest BCUT2D eigenvalue weighted by Crippen LogP contribution is -2.62. The minimum atomic E-state index is 0.000435. The van der Waals surface area contributed by atoms with E-state index in [2.05, 4.69) is 124 Å². The van der Waals surface area contributed by atoms with Crippen LogP contribution >= 0.6 is 0 Å². The van der Waals surface area contributed by atoms with E-state index in [4.69, 9.17) is 0 Å². The summed E-state index contributed by atoms with van der Waals surface area (Å²) >= 11 is 0. The molecular weight excluding hydrogens is 315 g/mol. The van der Waals surface area contributed by atoms with Gasteiger partial charge in [0.2, 0.25) is 0 Å². The summed E-state index contributed by atoms with van der Waals surface area (Å²) in [5, 5.41) is 0. The number of hydrogen-bond acceptors (Lipinski definition) is 2. The summed E-state index contributed by atoms with van der Waals surface area (Å²) in [6, 6.07) is 11.9. The van der Waals surface area contributed by atoms with Crippen LogP contribution in [0.15, 0.2) is 30.3 Å². The van der Waals surface area contributed by atoms with Gasteiger partial charge in [-0.15, -0.1) is 0 Å². The molecule has 1 aromatic rings. The first kappa shape index (κ1) is 23.2. The Morgan fingerprint density at radius 1 is 0.885 bits per heavy atom. The van der Waals surface area contributed by atoms with E-state index in [1.54, 1.807) is 0 Å². The molecule has 0 bridgehead atoms. The summed E-state index contributed by atoms with van der Waals surface area (Å²) < 4.78 is 0. The molecule has 0 saturated heterocycles. The molecule has 3 heteroatoms. The Bertz CT molecular complexity index is 536. The topological polar surface area (TPSA) is 6.48 Å². The third-order valence-electron chi connectivity index (χ3n) is 6.90. The molecule has 0 fully saturated rings. The van der Waals surface area contributed by atoms with Crippen LogP contribution in [0.1, 0.15) is 67.0 Å². The lowest BCUT2D eigenvalue weighted by Gasteiger charge is -2.54. The van der Waals surface area contributed by atoms with Crippen LogP contribution in [-0.4, -0.2) is 48.7 Å². The Labute approximate surface area is 164 Å². The van der Waals surface area contributed by atoms with E-state index in [9.17, 15) is 0 Å². The smallest absolute Gasteiger partial charge is 0.132 e. The van der Waals surface area contributed by atoms with Crippen LogP contribution < -0.4 is 0 Å². The number of hydrogen-bond donors (Lipinski definition) is 0. The molecule has 0 aromatic heterocycles. The van der Waals surface area contributed by atoms with Crippen molar-refractivity contribution in [2.24, 2.45) is 11.3 Å². The fourth-order valence-corrected chi connectivity index (χ4v) is 4.11. The van der Waals surface area contributed by atoms with Crippen LogP contribution in [0.3, 0.4) is 0 Å². The Hall–Kier alpha value is -0.795. The molecule has 0 heterocycles. The molecule has 0 N–H and O–H groups in total. The van der Waals surface area contributed by atoms with E-state index < -0.39 is 0 Å². The van der Waals surface area contributed by atoms with Gasteiger partial charge in [-0.05, 0) is 64.6 Å². The normalized spacial score (nSPS) is 15.8. The molecule has 0 spiro atoms. The summed E-state index contributed by atoms with van der Waals surface area (Å²) in [6.45, 7) is 21.1.